The number of halogens is 1. The number of amides is 1. The fourth-order valence-electron chi connectivity index (χ4n) is 2.68. The summed E-state index contributed by atoms with van der Waals surface area (Å²) in [6.07, 6.45) is 0. The number of carbonyl (C=O) groups excluding carboxylic acids is 1. The van der Waals surface area contributed by atoms with Gasteiger partial charge in [0.1, 0.15) is 16.4 Å². The maximum absolute atomic E-state index is 13.5. The van der Waals surface area contributed by atoms with Gasteiger partial charge in [0, 0.05) is 16.6 Å². The molecule has 0 aliphatic rings. The average Bonchev–Trinajstić information content (AvgIpc) is 2.97. The van der Waals surface area contributed by atoms with Gasteiger partial charge in [-0.1, -0.05) is 38.1 Å². The van der Waals surface area contributed by atoms with E-state index in [1.165, 1.54) is 36.1 Å². The SMILES string of the molecule is COc1c(C(=O)NCc2ccc(C(C)C)cc2)sc2ccc(F)cc12. The number of hydrogen-bond donors (Lipinski definition) is 1. The number of thiophene rings is 1. The van der Waals surface area contributed by atoms with E-state index < -0.39 is 0 Å². The smallest absolute Gasteiger partial charge is 0.265 e. The van der Waals surface area contributed by atoms with Crippen molar-refractivity contribution < 1.29 is 13.9 Å². The molecule has 0 fully saturated rings. The first kappa shape index (κ1) is 17.4. The lowest BCUT2D eigenvalue weighted by molar-refractivity contribution is 0.0952. The monoisotopic (exact) mass is 357 g/mol. The highest BCUT2D eigenvalue weighted by Crippen LogP contribution is 2.38. The van der Waals surface area contributed by atoms with Gasteiger partial charge < -0.3 is 10.1 Å². The third-order valence-corrected chi connectivity index (χ3v) is 5.27. The number of carbonyl (C=O) groups is 1. The predicted octanol–water partition coefficient (Wildman–Crippen LogP) is 5.10. The molecule has 0 bridgehead atoms. The molecule has 0 saturated carbocycles. The highest BCUT2D eigenvalue weighted by atomic mass is 32.1. The van der Waals surface area contributed by atoms with Crippen LogP contribution in [0.1, 0.15) is 40.6 Å². The topological polar surface area (TPSA) is 38.3 Å². The summed E-state index contributed by atoms with van der Waals surface area (Å²) < 4.78 is 19.6. The minimum Gasteiger partial charge on any atom is -0.494 e. The molecule has 5 heteroatoms. The van der Waals surface area contributed by atoms with Gasteiger partial charge in [-0.25, -0.2) is 4.39 Å². The van der Waals surface area contributed by atoms with Crippen LogP contribution >= 0.6 is 11.3 Å². The van der Waals surface area contributed by atoms with Crippen LogP contribution in [0.5, 0.6) is 5.75 Å². The molecule has 0 saturated heterocycles. The number of hydrogen-bond acceptors (Lipinski definition) is 3. The summed E-state index contributed by atoms with van der Waals surface area (Å²) >= 11 is 1.30. The van der Waals surface area contributed by atoms with Crippen molar-refractivity contribution in [2.24, 2.45) is 0 Å². The van der Waals surface area contributed by atoms with Gasteiger partial charge in [0.05, 0.1) is 7.11 Å². The van der Waals surface area contributed by atoms with E-state index >= 15 is 0 Å². The van der Waals surface area contributed by atoms with Crippen LogP contribution in [0, 0.1) is 5.82 Å². The van der Waals surface area contributed by atoms with Crippen molar-refractivity contribution in [1.29, 1.82) is 0 Å². The highest BCUT2D eigenvalue weighted by Gasteiger charge is 2.19. The average molecular weight is 357 g/mol. The molecule has 0 aliphatic heterocycles. The van der Waals surface area contributed by atoms with Crippen LogP contribution in [0.15, 0.2) is 42.5 Å². The van der Waals surface area contributed by atoms with E-state index in [0.717, 1.165) is 10.3 Å². The van der Waals surface area contributed by atoms with E-state index in [9.17, 15) is 9.18 Å². The van der Waals surface area contributed by atoms with Crippen LogP contribution in [-0.2, 0) is 6.54 Å². The highest BCUT2D eigenvalue weighted by molar-refractivity contribution is 7.21. The van der Waals surface area contributed by atoms with Gasteiger partial charge in [-0.05, 0) is 35.2 Å². The van der Waals surface area contributed by atoms with Crippen LogP contribution in [0.3, 0.4) is 0 Å². The van der Waals surface area contributed by atoms with E-state index in [1.807, 2.05) is 12.1 Å². The molecule has 3 nitrogen and oxygen atoms in total. The number of fused-ring (bicyclic) bond motifs is 1. The minimum atomic E-state index is -0.346. The van der Waals surface area contributed by atoms with E-state index in [0.29, 0.717) is 28.5 Å². The van der Waals surface area contributed by atoms with Crippen LogP contribution in [0.2, 0.25) is 0 Å². The summed E-state index contributed by atoms with van der Waals surface area (Å²) in [5, 5.41) is 3.54. The largest absolute Gasteiger partial charge is 0.494 e. The molecule has 0 atom stereocenters. The second-order valence-corrected chi connectivity index (χ2v) is 7.24. The normalized spacial score (nSPS) is 11.1. The second kappa shape index (κ2) is 7.23. The second-order valence-electron chi connectivity index (χ2n) is 6.18. The predicted molar refractivity (Wildman–Crippen MR) is 100 cm³/mol. The summed E-state index contributed by atoms with van der Waals surface area (Å²) in [5.74, 6) is 0.339. The van der Waals surface area contributed by atoms with Crippen molar-refractivity contribution >= 4 is 27.3 Å². The zero-order chi connectivity index (χ0) is 18.0. The van der Waals surface area contributed by atoms with Gasteiger partial charge in [0.15, 0.2) is 0 Å². The molecule has 130 valence electrons. The van der Waals surface area contributed by atoms with Crippen LogP contribution in [-0.4, -0.2) is 13.0 Å². The first-order valence-corrected chi connectivity index (χ1v) is 8.94. The van der Waals surface area contributed by atoms with E-state index in [2.05, 4.69) is 31.3 Å². The van der Waals surface area contributed by atoms with Crippen molar-refractivity contribution in [2.45, 2.75) is 26.3 Å². The van der Waals surface area contributed by atoms with Gasteiger partial charge in [0.2, 0.25) is 0 Å². The zero-order valence-electron chi connectivity index (χ0n) is 14.4. The van der Waals surface area contributed by atoms with Crippen LogP contribution < -0.4 is 10.1 Å². The zero-order valence-corrected chi connectivity index (χ0v) is 15.2. The van der Waals surface area contributed by atoms with E-state index in [-0.39, 0.29) is 11.7 Å². The molecule has 1 heterocycles. The fraction of sp³-hybridized carbons (Fsp3) is 0.250. The number of benzene rings is 2. The minimum absolute atomic E-state index is 0.216. The van der Waals surface area contributed by atoms with Crippen LogP contribution in [0.25, 0.3) is 10.1 Å². The third-order valence-electron chi connectivity index (χ3n) is 4.11. The standard InChI is InChI=1S/C20H20FNO2S/c1-12(2)14-6-4-13(5-7-14)11-22-20(23)19-18(24-3)16-10-15(21)8-9-17(16)25-19/h4-10,12H,11H2,1-3H3,(H,22,23). The lowest BCUT2D eigenvalue weighted by Gasteiger charge is -2.08. The van der Waals surface area contributed by atoms with Gasteiger partial charge >= 0.3 is 0 Å². The Bertz CT molecular complexity index is 900. The molecule has 1 amide bonds. The summed E-state index contributed by atoms with van der Waals surface area (Å²) in [6, 6.07) is 12.6. The molecule has 3 rings (SSSR count). The van der Waals surface area contributed by atoms with Gasteiger partial charge in [-0.3, -0.25) is 4.79 Å². The lowest BCUT2D eigenvalue weighted by Crippen LogP contribution is -2.22. The molecule has 0 unspecified atom stereocenters. The molecular weight excluding hydrogens is 337 g/mol. The van der Waals surface area contributed by atoms with Gasteiger partial charge in [0.25, 0.3) is 5.91 Å². The summed E-state index contributed by atoms with van der Waals surface area (Å²) in [4.78, 5) is 13.0. The van der Waals surface area contributed by atoms with E-state index in [1.54, 1.807) is 6.07 Å². The van der Waals surface area contributed by atoms with Crippen molar-refractivity contribution in [1.82, 2.24) is 5.32 Å². The number of ether oxygens (including phenoxy) is 1. The molecule has 1 N–H and O–H groups in total. The van der Waals surface area contributed by atoms with E-state index in [4.69, 9.17) is 4.74 Å². The molecule has 0 aliphatic carbocycles. The van der Waals surface area contributed by atoms with Crippen molar-refractivity contribution in [3.05, 3.63) is 64.3 Å². The van der Waals surface area contributed by atoms with Crippen molar-refractivity contribution in [2.75, 3.05) is 7.11 Å². The number of rotatable bonds is 5. The Labute approximate surface area is 150 Å². The molecule has 1 aromatic heterocycles. The first-order chi connectivity index (χ1) is 12.0. The van der Waals surface area contributed by atoms with Crippen molar-refractivity contribution in [3.63, 3.8) is 0 Å². The Balaban J connectivity index is 1.78. The van der Waals surface area contributed by atoms with Crippen molar-refractivity contribution in [3.8, 4) is 5.75 Å². The maximum Gasteiger partial charge on any atom is 0.265 e. The van der Waals surface area contributed by atoms with Crippen LogP contribution in [0.4, 0.5) is 4.39 Å². The molecule has 0 radical (unpaired) electrons. The summed E-state index contributed by atoms with van der Waals surface area (Å²) in [6.45, 7) is 4.73. The van der Waals surface area contributed by atoms with Gasteiger partial charge in [-0.2, -0.15) is 0 Å². The summed E-state index contributed by atoms with van der Waals surface area (Å²) in [5.41, 5.74) is 2.30. The Morgan fingerprint density at radius 2 is 1.92 bits per heavy atom. The summed E-state index contributed by atoms with van der Waals surface area (Å²) in [7, 11) is 1.49. The number of nitrogens with one attached hydrogen (secondary N) is 1. The Hall–Kier alpha value is -2.40. The Morgan fingerprint density at radius 3 is 2.56 bits per heavy atom. The fourth-order valence-corrected chi connectivity index (χ4v) is 3.75. The first-order valence-electron chi connectivity index (χ1n) is 8.12. The maximum atomic E-state index is 13.5. The van der Waals surface area contributed by atoms with Gasteiger partial charge in [-0.15, -0.1) is 11.3 Å². The number of methoxy groups -OCH3 is 1. The Morgan fingerprint density at radius 1 is 1.20 bits per heavy atom. The molecular formula is C20H20FNO2S. The molecule has 2 aromatic carbocycles. The third kappa shape index (κ3) is 3.66. The Kier molecular flexibility index (Phi) is 5.04. The molecule has 3 aromatic rings. The molecule has 0 spiro atoms. The molecule has 25 heavy (non-hydrogen) atoms. The lowest BCUT2D eigenvalue weighted by atomic mass is 10.0. The quantitative estimate of drug-likeness (QED) is 0.690.